The molecule has 0 saturated heterocycles. The van der Waals surface area contributed by atoms with Gasteiger partial charge in [0.15, 0.2) is 5.75 Å². The van der Waals surface area contributed by atoms with Crippen LogP contribution in [0, 0.1) is 0 Å². The van der Waals surface area contributed by atoms with Crippen LogP contribution in [0.1, 0.15) is 10.4 Å². The van der Waals surface area contributed by atoms with Gasteiger partial charge in [-0.25, -0.2) is 4.98 Å². The van der Waals surface area contributed by atoms with Gasteiger partial charge in [0.25, 0.3) is 5.91 Å². The van der Waals surface area contributed by atoms with E-state index in [1.54, 1.807) is 0 Å². The van der Waals surface area contributed by atoms with E-state index >= 15 is 0 Å². The SMILES string of the molecule is COCCOc1cc(C(=O)Nc2ccccc2OC(F)(F)F)ccn1. The van der Waals surface area contributed by atoms with E-state index in [-0.39, 0.29) is 23.7 Å². The van der Waals surface area contributed by atoms with Gasteiger partial charge in [-0.1, -0.05) is 12.1 Å². The van der Waals surface area contributed by atoms with Gasteiger partial charge in [0.1, 0.15) is 6.61 Å². The summed E-state index contributed by atoms with van der Waals surface area (Å²) in [6.07, 6.45) is -3.50. The van der Waals surface area contributed by atoms with Crippen LogP contribution in [0.4, 0.5) is 18.9 Å². The summed E-state index contributed by atoms with van der Waals surface area (Å²) < 4.78 is 51.3. The first-order chi connectivity index (χ1) is 11.9. The molecule has 134 valence electrons. The lowest BCUT2D eigenvalue weighted by Gasteiger charge is -2.14. The number of pyridine rings is 1. The van der Waals surface area contributed by atoms with Crippen molar-refractivity contribution in [3.8, 4) is 11.6 Å². The lowest BCUT2D eigenvalue weighted by Crippen LogP contribution is -2.19. The van der Waals surface area contributed by atoms with E-state index < -0.39 is 18.0 Å². The first-order valence-electron chi connectivity index (χ1n) is 7.13. The average molecular weight is 356 g/mol. The molecule has 0 aliphatic rings. The number of rotatable bonds is 7. The molecule has 2 rings (SSSR count). The third-order valence-corrected chi connectivity index (χ3v) is 2.90. The number of ether oxygens (including phenoxy) is 3. The molecular formula is C16H15F3N2O4. The highest BCUT2D eigenvalue weighted by Crippen LogP contribution is 2.30. The molecular weight excluding hydrogens is 341 g/mol. The average Bonchev–Trinajstić information content (AvgIpc) is 2.56. The van der Waals surface area contributed by atoms with Crippen molar-refractivity contribution in [2.75, 3.05) is 25.6 Å². The molecule has 0 atom stereocenters. The van der Waals surface area contributed by atoms with Gasteiger partial charge in [0, 0.05) is 24.9 Å². The Labute approximate surface area is 141 Å². The third-order valence-electron chi connectivity index (χ3n) is 2.90. The Morgan fingerprint density at radius 2 is 1.96 bits per heavy atom. The molecule has 0 unspecified atom stereocenters. The topological polar surface area (TPSA) is 69.7 Å². The van der Waals surface area contributed by atoms with Gasteiger partial charge in [-0.2, -0.15) is 0 Å². The zero-order valence-electron chi connectivity index (χ0n) is 13.2. The normalized spacial score (nSPS) is 11.0. The van der Waals surface area contributed by atoms with E-state index in [1.807, 2.05) is 0 Å². The molecule has 0 spiro atoms. The van der Waals surface area contributed by atoms with Crippen LogP contribution in [-0.2, 0) is 4.74 Å². The summed E-state index contributed by atoms with van der Waals surface area (Å²) in [6.45, 7) is 0.594. The predicted molar refractivity (Wildman–Crippen MR) is 82.7 cm³/mol. The number of aromatic nitrogens is 1. The summed E-state index contributed by atoms with van der Waals surface area (Å²) in [6, 6.07) is 8.03. The molecule has 1 aromatic heterocycles. The number of amides is 1. The van der Waals surface area contributed by atoms with Crippen LogP contribution in [0.3, 0.4) is 0 Å². The molecule has 0 aliphatic heterocycles. The summed E-state index contributed by atoms with van der Waals surface area (Å²) in [5.74, 6) is -0.935. The summed E-state index contributed by atoms with van der Waals surface area (Å²) in [5.41, 5.74) is 0.0627. The van der Waals surface area contributed by atoms with Gasteiger partial charge < -0.3 is 19.5 Å². The van der Waals surface area contributed by atoms with E-state index in [4.69, 9.17) is 9.47 Å². The number of halogens is 3. The van der Waals surface area contributed by atoms with E-state index in [1.165, 1.54) is 43.6 Å². The second-order valence-electron chi connectivity index (χ2n) is 4.72. The number of anilines is 1. The van der Waals surface area contributed by atoms with Gasteiger partial charge in [0.05, 0.1) is 12.3 Å². The molecule has 0 saturated carbocycles. The Bertz CT molecular complexity index is 723. The fraction of sp³-hybridized carbons (Fsp3) is 0.250. The molecule has 1 amide bonds. The number of alkyl halides is 3. The van der Waals surface area contributed by atoms with Crippen LogP contribution >= 0.6 is 0 Å². The summed E-state index contributed by atoms with van der Waals surface area (Å²) >= 11 is 0. The second kappa shape index (κ2) is 8.34. The smallest absolute Gasteiger partial charge is 0.475 e. The standard InChI is InChI=1S/C16H15F3N2O4/c1-23-8-9-24-14-10-11(6-7-20-14)15(22)21-12-4-2-3-5-13(12)25-16(17,18)19/h2-7,10H,8-9H2,1H3,(H,21,22). The predicted octanol–water partition coefficient (Wildman–Crippen LogP) is 3.26. The highest BCUT2D eigenvalue weighted by Gasteiger charge is 2.32. The first-order valence-corrected chi connectivity index (χ1v) is 7.13. The van der Waals surface area contributed by atoms with Crippen LogP contribution in [0.25, 0.3) is 0 Å². The maximum atomic E-state index is 12.4. The maximum absolute atomic E-state index is 12.4. The number of carbonyl (C=O) groups is 1. The van der Waals surface area contributed by atoms with Crippen LogP contribution in [0.2, 0.25) is 0 Å². The zero-order chi connectivity index (χ0) is 18.3. The summed E-state index contributed by atoms with van der Waals surface area (Å²) in [4.78, 5) is 16.2. The van der Waals surface area contributed by atoms with Gasteiger partial charge >= 0.3 is 6.36 Å². The summed E-state index contributed by atoms with van der Waals surface area (Å²) in [7, 11) is 1.52. The fourth-order valence-corrected chi connectivity index (χ4v) is 1.84. The molecule has 1 aromatic carbocycles. The van der Waals surface area contributed by atoms with Gasteiger partial charge in [0.2, 0.25) is 5.88 Å². The number of hydrogen-bond donors (Lipinski definition) is 1. The van der Waals surface area contributed by atoms with Crippen molar-refractivity contribution in [2.24, 2.45) is 0 Å². The Morgan fingerprint density at radius 3 is 2.68 bits per heavy atom. The maximum Gasteiger partial charge on any atom is 0.573 e. The van der Waals surface area contributed by atoms with Crippen molar-refractivity contribution in [1.29, 1.82) is 0 Å². The minimum Gasteiger partial charge on any atom is -0.475 e. The molecule has 0 fully saturated rings. The first kappa shape index (κ1) is 18.5. The van der Waals surface area contributed by atoms with Gasteiger partial charge in [-0.15, -0.1) is 13.2 Å². The Kier molecular flexibility index (Phi) is 6.18. The number of benzene rings is 1. The third kappa shape index (κ3) is 5.96. The zero-order valence-corrected chi connectivity index (χ0v) is 13.2. The number of nitrogens with zero attached hydrogens (tertiary/aromatic N) is 1. The van der Waals surface area contributed by atoms with E-state index in [0.29, 0.717) is 6.61 Å². The number of carbonyl (C=O) groups excluding carboxylic acids is 1. The highest BCUT2D eigenvalue weighted by atomic mass is 19.4. The van der Waals surface area contributed by atoms with Crippen molar-refractivity contribution in [1.82, 2.24) is 4.98 Å². The van der Waals surface area contributed by atoms with Crippen molar-refractivity contribution in [3.63, 3.8) is 0 Å². The van der Waals surface area contributed by atoms with Crippen LogP contribution in [0.15, 0.2) is 42.6 Å². The quantitative estimate of drug-likeness (QED) is 0.771. The minimum absolute atomic E-state index is 0.108. The number of methoxy groups -OCH3 is 1. The van der Waals surface area contributed by atoms with Crippen molar-refractivity contribution in [2.45, 2.75) is 6.36 Å². The summed E-state index contributed by atoms with van der Waals surface area (Å²) in [5, 5.41) is 2.37. The molecule has 0 radical (unpaired) electrons. The Balaban J connectivity index is 2.11. The number of nitrogens with one attached hydrogen (secondary N) is 1. The lowest BCUT2D eigenvalue weighted by molar-refractivity contribution is -0.274. The van der Waals surface area contributed by atoms with Crippen molar-refractivity contribution < 1.29 is 32.2 Å². The molecule has 6 nitrogen and oxygen atoms in total. The molecule has 2 aromatic rings. The van der Waals surface area contributed by atoms with E-state index in [2.05, 4.69) is 15.0 Å². The molecule has 1 N–H and O–H groups in total. The van der Waals surface area contributed by atoms with Crippen LogP contribution < -0.4 is 14.8 Å². The van der Waals surface area contributed by atoms with Crippen LogP contribution in [0.5, 0.6) is 11.6 Å². The highest BCUT2D eigenvalue weighted by molar-refractivity contribution is 6.05. The molecule has 25 heavy (non-hydrogen) atoms. The van der Waals surface area contributed by atoms with Crippen LogP contribution in [-0.4, -0.2) is 37.6 Å². The Morgan fingerprint density at radius 1 is 1.20 bits per heavy atom. The molecule has 1 heterocycles. The van der Waals surface area contributed by atoms with Crippen molar-refractivity contribution in [3.05, 3.63) is 48.2 Å². The number of para-hydroxylation sites is 2. The van der Waals surface area contributed by atoms with E-state index in [9.17, 15) is 18.0 Å². The molecule has 0 aliphatic carbocycles. The second-order valence-corrected chi connectivity index (χ2v) is 4.72. The fourth-order valence-electron chi connectivity index (χ4n) is 1.84. The molecule has 9 heteroatoms. The Hall–Kier alpha value is -2.81. The monoisotopic (exact) mass is 356 g/mol. The van der Waals surface area contributed by atoms with E-state index in [0.717, 1.165) is 6.07 Å². The lowest BCUT2D eigenvalue weighted by atomic mass is 10.2. The number of hydrogen-bond acceptors (Lipinski definition) is 5. The largest absolute Gasteiger partial charge is 0.573 e. The van der Waals surface area contributed by atoms with Gasteiger partial charge in [-0.05, 0) is 18.2 Å². The van der Waals surface area contributed by atoms with Crippen molar-refractivity contribution >= 4 is 11.6 Å². The minimum atomic E-state index is -4.86. The molecule has 0 bridgehead atoms. The van der Waals surface area contributed by atoms with Gasteiger partial charge in [-0.3, -0.25) is 4.79 Å².